The van der Waals surface area contributed by atoms with Crippen LogP contribution >= 0.6 is 0 Å². The number of nitrogens with two attached hydrogens (primary N) is 3. The van der Waals surface area contributed by atoms with Gasteiger partial charge in [-0.1, -0.05) is 13.8 Å². The third-order valence-corrected chi connectivity index (χ3v) is 5.83. The minimum absolute atomic E-state index is 0.0487. The van der Waals surface area contributed by atoms with Gasteiger partial charge in [0.1, 0.15) is 24.2 Å². The van der Waals surface area contributed by atoms with E-state index in [1.54, 1.807) is 0 Å². The highest BCUT2D eigenvalue weighted by Gasteiger charge is 2.34. The van der Waals surface area contributed by atoms with Gasteiger partial charge in [-0.15, -0.1) is 0 Å². The average Bonchev–Trinajstić information content (AvgIpc) is 2.88. The number of carboxylic acid groups (broad SMARTS) is 4. The molecule has 0 aliphatic heterocycles. The van der Waals surface area contributed by atoms with E-state index in [-0.39, 0.29) is 25.3 Å². The van der Waals surface area contributed by atoms with Gasteiger partial charge in [0.05, 0.1) is 18.9 Å². The summed E-state index contributed by atoms with van der Waals surface area (Å²) in [7, 11) is 0. The van der Waals surface area contributed by atoms with Crippen LogP contribution in [0.25, 0.3) is 0 Å². The van der Waals surface area contributed by atoms with Crippen LogP contribution in [-0.2, 0) is 38.4 Å². The molecule has 20 nitrogen and oxygen atoms in total. The Morgan fingerprint density at radius 1 is 0.659 bits per heavy atom. The molecule has 0 fully saturated rings. The average molecular weight is 633 g/mol. The molecule has 0 rings (SSSR count). The lowest BCUT2D eigenvalue weighted by Gasteiger charge is -2.27. The highest BCUT2D eigenvalue weighted by molar-refractivity contribution is 5.97. The summed E-state index contributed by atoms with van der Waals surface area (Å²) >= 11 is 0. The molecule has 0 aromatic carbocycles. The van der Waals surface area contributed by atoms with Crippen molar-refractivity contribution in [1.82, 2.24) is 21.3 Å². The zero-order valence-corrected chi connectivity index (χ0v) is 24.1. The first-order chi connectivity index (χ1) is 20.3. The standard InChI is InChI=1S/C24H40N8O12/c1-10(2)18(22(42)31-14(9-17(37)38)21(41)30-13(23(43)44)5-6-15(33)34)32-20(40)12(4-3-7-28-24(26)27)29-19(39)11(25)8-16(35)36/h10-14,18H,3-9,25H2,1-2H3,(H,29,39)(H,30,41)(H,31,42)(H,32,40)(H,33,34)(H,35,36)(H,37,38)(H,43,44)(H4,26,27,28)/t11-,12-,13-,14-,18-/m0/s1. The molecule has 0 aliphatic carbocycles. The summed E-state index contributed by atoms with van der Waals surface area (Å²) in [6.07, 6.45) is -2.82. The molecule has 5 atom stereocenters. The lowest BCUT2D eigenvalue weighted by atomic mass is 10.0. The Labute approximate surface area is 251 Å². The Morgan fingerprint density at radius 3 is 1.66 bits per heavy atom. The fourth-order valence-corrected chi connectivity index (χ4v) is 3.56. The van der Waals surface area contributed by atoms with E-state index in [9.17, 15) is 48.6 Å². The van der Waals surface area contributed by atoms with E-state index in [1.807, 2.05) is 5.32 Å². The second-order valence-corrected chi connectivity index (χ2v) is 9.94. The molecule has 20 heteroatoms. The van der Waals surface area contributed by atoms with Gasteiger partial charge >= 0.3 is 23.9 Å². The molecular formula is C24H40N8O12. The van der Waals surface area contributed by atoms with Crippen molar-refractivity contribution in [3.63, 3.8) is 0 Å². The number of hydrogen-bond donors (Lipinski definition) is 11. The molecule has 0 spiro atoms. The summed E-state index contributed by atoms with van der Waals surface area (Å²) in [4.78, 5) is 99.8. The van der Waals surface area contributed by atoms with Gasteiger partial charge in [0.15, 0.2) is 5.96 Å². The second-order valence-electron chi connectivity index (χ2n) is 9.94. The smallest absolute Gasteiger partial charge is 0.326 e. The number of rotatable bonds is 21. The van der Waals surface area contributed by atoms with Gasteiger partial charge in [0.2, 0.25) is 23.6 Å². The fraction of sp³-hybridized carbons (Fsp3) is 0.625. The Bertz CT molecular complexity index is 1110. The van der Waals surface area contributed by atoms with E-state index in [0.29, 0.717) is 0 Å². The topological polar surface area (TPSA) is 356 Å². The van der Waals surface area contributed by atoms with E-state index in [4.69, 9.17) is 27.4 Å². The van der Waals surface area contributed by atoms with Gasteiger partial charge in [-0.25, -0.2) is 4.79 Å². The van der Waals surface area contributed by atoms with Gasteiger partial charge in [0, 0.05) is 13.0 Å². The lowest BCUT2D eigenvalue weighted by Crippen LogP contribution is -2.60. The largest absolute Gasteiger partial charge is 0.481 e. The second kappa shape index (κ2) is 19.2. The van der Waals surface area contributed by atoms with E-state index in [1.165, 1.54) is 13.8 Å². The number of carbonyl (C=O) groups is 8. The Morgan fingerprint density at radius 2 is 1.18 bits per heavy atom. The summed E-state index contributed by atoms with van der Waals surface area (Å²) in [5, 5.41) is 45.1. The predicted octanol–water partition coefficient (Wildman–Crippen LogP) is -4.14. The Kier molecular flexibility index (Phi) is 17.0. The highest BCUT2D eigenvalue weighted by atomic mass is 16.4. The summed E-state index contributed by atoms with van der Waals surface area (Å²) < 4.78 is 0. The Hall–Kier alpha value is -5.01. The first-order valence-corrected chi connectivity index (χ1v) is 13.3. The van der Waals surface area contributed by atoms with Crippen LogP contribution in [-0.4, -0.2) is 111 Å². The zero-order valence-electron chi connectivity index (χ0n) is 24.1. The number of aliphatic imine (C=N–C) groups is 1. The van der Waals surface area contributed by atoms with Crippen LogP contribution in [0.1, 0.15) is 52.4 Å². The van der Waals surface area contributed by atoms with Crippen molar-refractivity contribution >= 4 is 53.5 Å². The number of nitrogens with zero attached hydrogens (tertiary/aromatic N) is 1. The van der Waals surface area contributed by atoms with Crippen molar-refractivity contribution in [2.45, 2.75) is 82.6 Å². The predicted molar refractivity (Wildman–Crippen MR) is 149 cm³/mol. The van der Waals surface area contributed by atoms with Gasteiger partial charge in [-0.05, 0) is 25.2 Å². The lowest BCUT2D eigenvalue weighted by molar-refractivity contribution is -0.144. The molecule has 0 saturated heterocycles. The summed E-state index contributed by atoms with van der Waals surface area (Å²) in [6, 6.07) is -7.81. The van der Waals surface area contributed by atoms with Crippen molar-refractivity contribution < 1.29 is 58.8 Å². The van der Waals surface area contributed by atoms with Gasteiger partial charge in [-0.3, -0.25) is 38.6 Å². The number of hydrogen-bond acceptors (Lipinski definition) is 10. The molecule has 248 valence electrons. The molecule has 0 aliphatic rings. The number of aliphatic carboxylic acids is 4. The normalized spacial score (nSPS) is 14.1. The molecule has 44 heavy (non-hydrogen) atoms. The van der Waals surface area contributed by atoms with Crippen LogP contribution < -0.4 is 38.5 Å². The fourth-order valence-electron chi connectivity index (χ4n) is 3.56. The maximum atomic E-state index is 13.2. The maximum absolute atomic E-state index is 13.2. The van der Waals surface area contributed by atoms with Crippen molar-refractivity contribution in [1.29, 1.82) is 0 Å². The SMILES string of the molecule is CC(C)[C@H](NC(=O)[C@H](CCCN=C(N)N)NC(=O)[C@@H](N)CC(=O)O)C(=O)N[C@@H](CC(=O)O)C(=O)N[C@@H](CCC(=O)O)C(=O)O. The molecule has 0 aromatic heterocycles. The van der Waals surface area contributed by atoms with Crippen LogP contribution in [0.5, 0.6) is 0 Å². The number of nitrogens with one attached hydrogen (secondary N) is 4. The molecule has 0 heterocycles. The molecule has 0 aromatic rings. The molecule has 0 unspecified atom stereocenters. The summed E-state index contributed by atoms with van der Waals surface area (Å²) in [6.45, 7) is 3.05. The molecule has 14 N–H and O–H groups in total. The van der Waals surface area contributed by atoms with E-state index < -0.39 is 109 Å². The summed E-state index contributed by atoms with van der Waals surface area (Å²) in [5.74, 6) is -10.9. The van der Waals surface area contributed by atoms with E-state index in [2.05, 4.69) is 20.9 Å². The van der Waals surface area contributed by atoms with Crippen LogP contribution in [0.2, 0.25) is 0 Å². The van der Waals surface area contributed by atoms with E-state index in [0.717, 1.165) is 0 Å². The van der Waals surface area contributed by atoms with Crippen LogP contribution in [0, 0.1) is 5.92 Å². The quantitative estimate of drug-likeness (QED) is 0.0325. The van der Waals surface area contributed by atoms with Crippen LogP contribution in [0.4, 0.5) is 0 Å². The molecular weight excluding hydrogens is 592 g/mol. The number of carbonyl (C=O) groups excluding carboxylic acids is 4. The third-order valence-electron chi connectivity index (χ3n) is 5.83. The van der Waals surface area contributed by atoms with Crippen molar-refractivity contribution in [2.24, 2.45) is 28.1 Å². The van der Waals surface area contributed by atoms with Crippen molar-refractivity contribution in [3.05, 3.63) is 0 Å². The van der Waals surface area contributed by atoms with Gasteiger partial charge in [0.25, 0.3) is 0 Å². The molecule has 0 radical (unpaired) electrons. The van der Waals surface area contributed by atoms with Crippen molar-refractivity contribution in [3.8, 4) is 0 Å². The first kappa shape index (κ1) is 39.0. The zero-order chi connectivity index (χ0) is 34.1. The highest BCUT2D eigenvalue weighted by Crippen LogP contribution is 2.08. The van der Waals surface area contributed by atoms with Crippen LogP contribution in [0.3, 0.4) is 0 Å². The first-order valence-electron chi connectivity index (χ1n) is 13.3. The summed E-state index contributed by atoms with van der Waals surface area (Å²) in [5.41, 5.74) is 16.1. The molecule has 0 saturated carbocycles. The number of amides is 4. The molecule has 4 amide bonds. The number of carboxylic acids is 4. The minimum atomic E-state index is -1.83. The molecule has 0 bridgehead atoms. The maximum Gasteiger partial charge on any atom is 0.326 e. The van der Waals surface area contributed by atoms with Crippen molar-refractivity contribution in [2.75, 3.05) is 6.54 Å². The van der Waals surface area contributed by atoms with Gasteiger partial charge < -0.3 is 58.9 Å². The number of guanidine groups is 1. The Balaban J connectivity index is 5.90. The van der Waals surface area contributed by atoms with E-state index >= 15 is 0 Å². The van der Waals surface area contributed by atoms with Crippen LogP contribution in [0.15, 0.2) is 4.99 Å². The monoisotopic (exact) mass is 632 g/mol. The minimum Gasteiger partial charge on any atom is -0.481 e. The van der Waals surface area contributed by atoms with Gasteiger partial charge in [-0.2, -0.15) is 0 Å². The third kappa shape index (κ3) is 15.8.